The number of hydrogen-bond acceptors (Lipinski definition) is 30. The molecule has 21 atom stereocenters. The van der Waals surface area contributed by atoms with Gasteiger partial charge in [-0.2, -0.15) is 5.10 Å². The maximum atomic E-state index is 14.1. The van der Waals surface area contributed by atoms with Crippen molar-refractivity contribution in [1.82, 2.24) is 25.7 Å². The summed E-state index contributed by atoms with van der Waals surface area (Å²) < 4.78 is 49.0. The van der Waals surface area contributed by atoms with Crippen molar-refractivity contribution in [2.75, 3.05) is 46.8 Å². The molecule has 0 radical (unpaired) electrons. The Labute approximate surface area is 594 Å². The number of nitrogens with one attached hydrogen (secondary N) is 2. The molecule has 0 spiro atoms. The molecular weight excluding hydrogens is 1360 g/mol. The lowest BCUT2D eigenvalue weighted by Crippen LogP contribution is -2.61. The van der Waals surface area contributed by atoms with E-state index < -0.39 is 187 Å². The molecule has 574 valence electrons. The van der Waals surface area contributed by atoms with Gasteiger partial charge in [-0.1, -0.05) is 49.6 Å². The van der Waals surface area contributed by atoms with E-state index in [1.807, 2.05) is 0 Å². The number of aromatic hydroxyl groups is 2. The predicted molar refractivity (Wildman–Crippen MR) is 355 cm³/mol. The van der Waals surface area contributed by atoms with Gasteiger partial charge in [0.25, 0.3) is 0 Å². The average molecular weight is 1460 g/mol. The zero-order chi connectivity index (χ0) is 74.6. The molecule has 2 aliphatic heterocycles. The molecule has 4 aliphatic carbocycles. The zero-order valence-corrected chi connectivity index (χ0v) is 58.0. The number of aromatic nitrogens is 3. The van der Waals surface area contributed by atoms with Crippen LogP contribution in [0.15, 0.2) is 29.5 Å². The van der Waals surface area contributed by atoms with E-state index in [0.717, 1.165) is 0 Å². The highest BCUT2D eigenvalue weighted by molar-refractivity contribution is 6.31. The number of aliphatic hydroxyl groups is 11. The normalized spacial score (nSPS) is 32.4. The maximum Gasteiger partial charge on any atom is 0.303 e. The summed E-state index contributed by atoms with van der Waals surface area (Å²) in [6.07, 6.45) is -17.0. The second-order valence-electron chi connectivity index (χ2n) is 27.9. The summed E-state index contributed by atoms with van der Waals surface area (Å²) in [5, 5.41) is 168. The molecule has 1 aromatic heterocycles. The lowest BCUT2D eigenvalue weighted by Gasteiger charge is -2.45. The van der Waals surface area contributed by atoms with E-state index in [4.69, 9.17) is 48.7 Å². The Morgan fingerprint density at radius 2 is 1.38 bits per heavy atom. The van der Waals surface area contributed by atoms with Gasteiger partial charge in [-0.25, -0.2) is 5.43 Å². The summed E-state index contributed by atoms with van der Waals surface area (Å²) in [4.78, 5) is 65.2. The molecule has 18 N–H and O–H groups in total. The summed E-state index contributed by atoms with van der Waals surface area (Å²) in [5.41, 5.74) is 6.29. The Morgan fingerprint density at radius 3 is 2.07 bits per heavy atom. The molecule has 6 aliphatic rings. The zero-order valence-electron chi connectivity index (χ0n) is 58.0. The predicted octanol–water partition coefficient (Wildman–Crippen LogP) is -1.65. The molecular formula is C69H101N7O27. The van der Waals surface area contributed by atoms with Gasteiger partial charge in [0.15, 0.2) is 24.1 Å². The van der Waals surface area contributed by atoms with Gasteiger partial charge in [0.2, 0.25) is 11.8 Å². The monoisotopic (exact) mass is 1460 g/mol. The van der Waals surface area contributed by atoms with Crippen molar-refractivity contribution in [2.24, 2.45) is 22.7 Å². The highest BCUT2D eigenvalue weighted by Crippen LogP contribution is 2.53. The van der Waals surface area contributed by atoms with E-state index >= 15 is 0 Å². The molecule has 3 aromatic rings. The summed E-state index contributed by atoms with van der Waals surface area (Å²) in [6, 6.07) is 4.00. The third kappa shape index (κ3) is 19.3. The van der Waals surface area contributed by atoms with Gasteiger partial charge in [0.1, 0.15) is 83.8 Å². The summed E-state index contributed by atoms with van der Waals surface area (Å²) >= 11 is 0. The number of nitrogens with zero attached hydrogens (tertiary/aromatic N) is 4. The van der Waals surface area contributed by atoms with Gasteiger partial charge in [0, 0.05) is 93.2 Å². The number of amides is 2. The Hall–Kier alpha value is -6.20. The number of ketones is 2. The van der Waals surface area contributed by atoms with Crippen LogP contribution in [0, 0.1) is 18.8 Å². The minimum absolute atomic E-state index is 0.00396. The third-order valence-electron chi connectivity index (χ3n) is 20.4. The number of methoxy groups -OCH3 is 1. The Bertz CT molecular complexity index is 3390. The molecule has 0 bridgehead atoms. The van der Waals surface area contributed by atoms with Crippen LogP contribution in [0.4, 0.5) is 0 Å². The first kappa shape index (κ1) is 80.9. The number of carbonyl (C=O) groups excluding carboxylic acids is 4. The molecule has 2 aromatic carbocycles. The van der Waals surface area contributed by atoms with Crippen molar-refractivity contribution >= 4 is 35.1 Å². The van der Waals surface area contributed by atoms with Crippen LogP contribution in [0.5, 0.6) is 11.5 Å². The van der Waals surface area contributed by atoms with Crippen molar-refractivity contribution in [3.05, 3.63) is 69.0 Å². The number of aryl methyl sites for hydroxylation is 2. The van der Waals surface area contributed by atoms with E-state index in [2.05, 4.69) is 26.2 Å². The third-order valence-corrected chi connectivity index (χ3v) is 20.4. The lowest BCUT2D eigenvalue weighted by molar-refractivity contribution is -0.312. The summed E-state index contributed by atoms with van der Waals surface area (Å²) in [5.74, 6) is -5.52. The van der Waals surface area contributed by atoms with Crippen LogP contribution in [-0.4, -0.2) is 278 Å². The van der Waals surface area contributed by atoms with Crippen molar-refractivity contribution in [3.8, 4) is 11.5 Å². The Morgan fingerprint density at radius 1 is 0.718 bits per heavy atom. The van der Waals surface area contributed by atoms with Crippen molar-refractivity contribution < 1.29 is 133 Å². The number of phenolic OH excluding ortho intramolecular Hbond substituents is 2. The number of unbranched alkanes of at least 4 members (excludes halogenated alkanes) is 6. The maximum absolute atomic E-state index is 14.1. The lowest BCUT2D eigenvalue weighted by atomic mass is 9.71. The van der Waals surface area contributed by atoms with Gasteiger partial charge >= 0.3 is 5.97 Å². The first-order chi connectivity index (χ1) is 49.2. The van der Waals surface area contributed by atoms with Crippen LogP contribution in [0.2, 0.25) is 0 Å². The van der Waals surface area contributed by atoms with E-state index in [9.17, 15) is 90.4 Å². The minimum atomic E-state index is -2.14. The van der Waals surface area contributed by atoms with Gasteiger partial charge < -0.3 is 120 Å². The van der Waals surface area contributed by atoms with E-state index in [1.165, 1.54) is 13.2 Å². The quantitative estimate of drug-likeness (QED) is 0.0106. The number of carboxylic acid groups (broad SMARTS) is 1. The SMILES string of the molecule is CO[C@H]1O[C@H](CO[C@H]2C[C@H](CO[C@H]3O[C@H](CO)[C@@H](O)[C@H](O)[C@H]3O)[C@@H](OCCCCCC(=O)NCc3cn(CCCCCC(=O)N/N=C(\CO)[C@]4(O)Cc5c(O)c6c(c(O)c5C(OC5CC(C)C(O)C(N)C5)C4)C(=O)c4c(C)cccc4C6=O)nn3)[C@H](O)[C@H]2O)[C@@H](OCCCCCC(=O)O)[C@H](O)[C@H]1O. The summed E-state index contributed by atoms with van der Waals surface area (Å²) in [6.45, 7) is 1.85. The van der Waals surface area contributed by atoms with Crippen molar-refractivity contribution in [2.45, 2.75) is 252 Å². The molecule has 34 heteroatoms. The number of aliphatic carboxylic acids is 1. The van der Waals surface area contributed by atoms with Gasteiger partial charge in [-0.05, 0) is 76.2 Å². The topological polar surface area (TPSA) is 536 Å². The number of hydrazone groups is 1. The van der Waals surface area contributed by atoms with Gasteiger partial charge in [0.05, 0.1) is 86.5 Å². The molecule has 2 amide bonds. The molecule has 3 heterocycles. The minimum Gasteiger partial charge on any atom is -0.507 e. The molecule has 2 saturated carbocycles. The fourth-order valence-electron chi connectivity index (χ4n) is 14.6. The number of nitrogens with two attached hydrogens (primary N) is 1. The number of carboxylic acids is 1. The van der Waals surface area contributed by atoms with Gasteiger partial charge in [-0.15, -0.1) is 5.10 Å². The molecule has 5 unspecified atom stereocenters. The standard InChI is InChI=1S/C69H101N7O27/c1-33-14-13-15-38-49(33)58(88)52-51(54(38)84)55(85)39-25-69(95,26-42(50(39)59(52)89)101-37-22-34(2)53(83)40(70)24-37)45(30-78)73-74-47(80)17-7-4-10-19-76-28-36(72-75-76)27-71-46(79)16-8-5-11-20-97-65-35(31-100-68-63(93)60(90)57(87)43(29-77)102-68)23-41(56(86)61(65)91)99-32-44-66(62(92)64(94)67(96-3)103-44)98-21-12-6-9-18-48(81)82/h13-15,28,34-35,37,40-44,53,56-57,60-68,77-78,83,85-87,89-95H,4-12,16-27,29-32,70H2,1-3H3,(H,71,79)(H,74,80)(H,81,82)/b73-45+/t34?,35-,37?,40?,41+,42?,43-,44-,53?,56+,57-,60+,61-,62-,63-,64-,65-,66-,67+,68+,69+/m1/s1. The van der Waals surface area contributed by atoms with Crippen LogP contribution in [0.25, 0.3) is 0 Å². The molecule has 34 nitrogen and oxygen atoms in total. The van der Waals surface area contributed by atoms with Crippen LogP contribution in [0.1, 0.15) is 170 Å². The average Bonchev–Trinajstić information content (AvgIpc) is 0.802. The number of benzene rings is 2. The van der Waals surface area contributed by atoms with Crippen LogP contribution in [-0.2, 0) is 71.8 Å². The highest BCUT2D eigenvalue weighted by Gasteiger charge is 2.52. The number of hydrogen-bond donors (Lipinski definition) is 17. The second-order valence-corrected chi connectivity index (χ2v) is 27.9. The van der Waals surface area contributed by atoms with Crippen molar-refractivity contribution in [3.63, 3.8) is 0 Å². The van der Waals surface area contributed by atoms with E-state index in [-0.39, 0.29) is 111 Å². The van der Waals surface area contributed by atoms with E-state index in [0.29, 0.717) is 82.0 Å². The first-order valence-corrected chi connectivity index (χ1v) is 35.3. The largest absolute Gasteiger partial charge is 0.507 e. The molecule has 9 rings (SSSR count). The number of fused-ring (bicyclic) bond motifs is 3. The number of rotatable bonds is 35. The number of phenols is 2. The van der Waals surface area contributed by atoms with E-state index in [1.54, 1.807) is 36.9 Å². The first-order valence-electron chi connectivity index (χ1n) is 35.3. The fourth-order valence-corrected chi connectivity index (χ4v) is 14.6. The number of aliphatic hydroxyl groups excluding tert-OH is 10. The molecule has 4 fully saturated rings. The smallest absolute Gasteiger partial charge is 0.303 e. The Balaban J connectivity index is 0.715. The summed E-state index contributed by atoms with van der Waals surface area (Å²) in [7, 11) is 1.26. The number of ether oxygens (including phenoxy) is 8. The second kappa shape index (κ2) is 36.9. The number of carbonyl (C=O) groups is 5. The molecule has 2 saturated heterocycles. The Kier molecular flexibility index (Phi) is 29.0. The van der Waals surface area contributed by atoms with Crippen LogP contribution >= 0.6 is 0 Å². The fraction of sp³-hybridized carbons (Fsp3) is 0.710. The van der Waals surface area contributed by atoms with Crippen LogP contribution < -0.4 is 16.5 Å². The van der Waals surface area contributed by atoms with Crippen molar-refractivity contribution in [1.29, 1.82) is 0 Å². The highest BCUT2D eigenvalue weighted by atomic mass is 16.7. The van der Waals surface area contributed by atoms with Crippen LogP contribution in [0.3, 0.4) is 0 Å². The van der Waals surface area contributed by atoms with Gasteiger partial charge in [-0.3, -0.25) is 28.7 Å². The molecule has 103 heavy (non-hydrogen) atoms.